The van der Waals surface area contributed by atoms with Gasteiger partial charge in [0.15, 0.2) is 0 Å². The number of nitrogens with one attached hydrogen (secondary N) is 1. The Morgan fingerprint density at radius 2 is 1.23 bits per heavy atom. The highest BCUT2D eigenvalue weighted by atomic mass is 16.5. The molecule has 0 aromatic heterocycles. The first-order chi connectivity index (χ1) is 15.3. The van der Waals surface area contributed by atoms with Crippen LogP contribution in [0, 0.1) is 0 Å². The predicted octanol–water partition coefficient (Wildman–Crippen LogP) is 6.14. The summed E-state index contributed by atoms with van der Waals surface area (Å²) in [7, 11) is 0. The molecule has 0 saturated carbocycles. The monoisotopic (exact) mass is 405 g/mol. The normalized spacial score (nSPS) is 13.4. The van der Waals surface area contributed by atoms with Crippen molar-refractivity contribution in [3.8, 4) is 11.5 Å². The molecule has 1 unspecified atom stereocenters. The van der Waals surface area contributed by atoms with Crippen LogP contribution in [0.15, 0.2) is 109 Å². The van der Waals surface area contributed by atoms with Gasteiger partial charge in [0.25, 0.3) is 5.91 Å². The van der Waals surface area contributed by atoms with E-state index in [0.29, 0.717) is 12.1 Å². The molecule has 0 radical (unpaired) electrons. The first kappa shape index (κ1) is 19.1. The number of ether oxygens (including phenoxy) is 1. The van der Waals surface area contributed by atoms with Crippen molar-refractivity contribution >= 4 is 5.91 Å². The van der Waals surface area contributed by atoms with Crippen molar-refractivity contribution in [3.63, 3.8) is 0 Å². The first-order valence-electron chi connectivity index (χ1n) is 10.5. The second-order valence-corrected chi connectivity index (χ2v) is 7.75. The highest BCUT2D eigenvalue weighted by Crippen LogP contribution is 2.49. The number of para-hydroxylation sites is 2. The average molecular weight is 405 g/mol. The van der Waals surface area contributed by atoms with Gasteiger partial charge >= 0.3 is 0 Å². The van der Waals surface area contributed by atoms with Crippen LogP contribution in [-0.4, -0.2) is 12.5 Å². The third-order valence-electron chi connectivity index (χ3n) is 5.88. The summed E-state index contributed by atoms with van der Waals surface area (Å²) in [5, 5.41) is 3.18. The van der Waals surface area contributed by atoms with E-state index in [1.54, 1.807) is 0 Å². The second kappa shape index (κ2) is 8.49. The topological polar surface area (TPSA) is 38.3 Å². The minimum atomic E-state index is -0.0600. The van der Waals surface area contributed by atoms with Crippen LogP contribution in [0.2, 0.25) is 0 Å². The van der Waals surface area contributed by atoms with Crippen LogP contribution < -0.4 is 10.1 Å². The van der Waals surface area contributed by atoms with Crippen molar-refractivity contribution in [3.05, 3.63) is 131 Å². The molecule has 0 aliphatic carbocycles. The van der Waals surface area contributed by atoms with Gasteiger partial charge in [-0.15, -0.1) is 0 Å². The fourth-order valence-corrected chi connectivity index (χ4v) is 4.40. The van der Waals surface area contributed by atoms with E-state index < -0.39 is 0 Å². The molecule has 31 heavy (non-hydrogen) atoms. The molecule has 0 bridgehead atoms. The zero-order valence-corrected chi connectivity index (χ0v) is 17.1. The average Bonchev–Trinajstić information content (AvgIpc) is 2.84. The van der Waals surface area contributed by atoms with E-state index >= 15 is 0 Å². The number of carbonyl (C=O) groups excluding carboxylic acids is 1. The molecule has 0 spiro atoms. The zero-order chi connectivity index (χ0) is 21.0. The van der Waals surface area contributed by atoms with Crippen molar-refractivity contribution in [2.24, 2.45) is 0 Å². The van der Waals surface area contributed by atoms with Gasteiger partial charge in [-0.3, -0.25) is 4.79 Å². The van der Waals surface area contributed by atoms with Gasteiger partial charge in [-0.2, -0.15) is 0 Å². The Kier molecular flexibility index (Phi) is 5.24. The molecule has 0 fully saturated rings. The molecule has 4 aromatic rings. The summed E-state index contributed by atoms with van der Waals surface area (Å²) in [6, 6.07) is 36.2. The minimum absolute atomic E-state index is 0.0556. The Labute approximate surface area is 182 Å². The molecular weight excluding hydrogens is 382 g/mol. The summed E-state index contributed by atoms with van der Waals surface area (Å²) in [5.41, 5.74) is 4.14. The molecule has 1 heterocycles. The third kappa shape index (κ3) is 3.82. The smallest absolute Gasteiger partial charge is 0.251 e. The molecule has 1 N–H and O–H groups in total. The molecule has 1 aliphatic rings. The van der Waals surface area contributed by atoms with Crippen LogP contribution >= 0.6 is 0 Å². The maximum absolute atomic E-state index is 12.8. The van der Waals surface area contributed by atoms with Crippen LogP contribution in [0.4, 0.5) is 0 Å². The maximum Gasteiger partial charge on any atom is 0.251 e. The fraction of sp³-hybridized carbons (Fsp3) is 0.107. The fourth-order valence-electron chi connectivity index (χ4n) is 4.40. The summed E-state index contributed by atoms with van der Waals surface area (Å²) in [5.74, 6) is 1.82. The molecule has 1 aliphatic heterocycles. The Morgan fingerprint density at radius 3 is 1.84 bits per heavy atom. The largest absolute Gasteiger partial charge is 0.457 e. The van der Waals surface area contributed by atoms with Crippen molar-refractivity contribution in [1.82, 2.24) is 5.32 Å². The van der Waals surface area contributed by atoms with E-state index in [0.717, 1.165) is 22.6 Å². The number of hydrogen-bond acceptors (Lipinski definition) is 2. The Morgan fingerprint density at radius 1 is 0.710 bits per heavy atom. The van der Waals surface area contributed by atoms with Gasteiger partial charge in [0.05, 0.1) is 0 Å². The van der Waals surface area contributed by atoms with Crippen molar-refractivity contribution in [1.29, 1.82) is 0 Å². The van der Waals surface area contributed by atoms with Crippen molar-refractivity contribution in [2.75, 3.05) is 6.54 Å². The molecule has 152 valence electrons. The molecule has 3 nitrogen and oxygen atoms in total. The van der Waals surface area contributed by atoms with Gasteiger partial charge in [-0.25, -0.2) is 0 Å². The van der Waals surface area contributed by atoms with Crippen molar-refractivity contribution < 1.29 is 9.53 Å². The first-order valence-corrected chi connectivity index (χ1v) is 10.5. The van der Waals surface area contributed by atoms with Crippen LogP contribution in [0.25, 0.3) is 0 Å². The SMILES string of the molecule is O=C(NCC(c1ccccc1)C1c2ccccc2Oc2ccccc21)c1ccccc1. The van der Waals surface area contributed by atoms with Crippen LogP contribution in [0.3, 0.4) is 0 Å². The summed E-state index contributed by atoms with van der Waals surface area (Å²) < 4.78 is 6.20. The van der Waals surface area contributed by atoms with Crippen molar-refractivity contribution in [2.45, 2.75) is 11.8 Å². The van der Waals surface area contributed by atoms with E-state index in [4.69, 9.17) is 4.74 Å². The number of carbonyl (C=O) groups is 1. The van der Waals surface area contributed by atoms with Gasteiger partial charge in [0.2, 0.25) is 0 Å². The predicted molar refractivity (Wildman–Crippen MR) is 123 cm³/mol. The molecule has 4 aromatic carbocycles. The second-order valence-electron chi connectivity index (χ2n) is 7.75. The van der Waals surface area contributed by atoms with Gasteiger partial charge in [0.1, 0.15) is 11.5 Å². The lowest BCUT2D eigenvalue weighted by atomic mass is 9.75. The lowest BCUT2D eigenvalue weighted by Gasteiger charge is -2.34. The number of rotatable bonds is 5. The summed E-state index contributed by atoms with van der Waals surface area (Å²) >= 11 is 0. The zero-order valence-electron chi connectivity index (χ0n) is 17.1. The number of amides is 1. The molecule has 1 amide bonds. The Hall–Kier alpha value is -3.85. The quantitative estimate of drug-likeness (QED) is 0.433. The molecule has 1 atom stereocenters. The Balaban J connectivity index is 1.55. The molecular formula is C28H23NO2. The summed E-state index contributed by atoms with van der Waals surface area (Å²) in [6.45, 7) is 0.519. The van der Waals surface area contributed by atoms with E-state index in [1.807, 2.05) is 72.8 Å². The van der Waals surface area contributed by atoms with E-state index in [2.05, 4.69) is 41.7 Å². The highest BCUT2D eigenvalue weighted by molar-refractivity contribution is 5.94. The third-order valence-corrected chi connectivity index (χ3v) is 5.88. The standard InChI is InChI=1S/C28H23NO2/c30-28(21-13-5-2-6-14-21)29-19-24(20-11-3-1-4-12-20)27-22-15-7-9-17-25(22)31-26-18-10-8-16-23(26)27/h1-18,24,27H,19H2,(H,29,30). The lowest BCUT2D eigenvalue weighted by molar-refractivity contribution is 0.0950. The van der Waals surface area contributed by atoms with E-state index in [1.165, 1.54) is 5.56 Å². The summed E-state index contributed by atoms with van der Waals surface area (Å²) in [6.07, 6.45) is 0. The van der Waals surface area contributed by atoms with Gasteiger partial charge in [0, 0.05) is 35.1 Å². The van der Waals surface area contributed by atoms with Gasteiger partial charge < -0.3 is 10.1 Å². The Bertz CT molecular complexity index is 1140. The molecule has 5 rings (SSSR count). The number of hydrogen-bond donors (Lipinski definition) is 1. The molecule has 0 saturated heterocycles. The van der Waals surface area contributed by atoms with Crippen LogP contribution in [0.5, 0.6) is 11.5 Å². The van der Waals surface area contributed by atoms with Gasteiger partial charge in [-0.05, 0) is 29.8 Å². The lowest BCUT2D eigenvalue weighted by Crippen LogP contribution is -2.32. The molecule has 3 heteroatoms. The number of fused-ring (bicyclic) bond motifs is 2. The maximum atomic E-state index is 12.8. The number of benzene rings is 4. The van der Waals surface area contributed by atoms with Crippen LogP contribution in [0.1, 0.15) is 38.9 Å². The minimum Gasteiger partial charge on any atom is -0.457 e. The summed E-state index contributed by atoms with van der Waals surface area (Å²) in [4.78, 5) is 12.8. The van der Waals surface area contributed by atoms with E-state index in [-0.39, 0.29) is 17.7 Å². The highest BCUT2D eigenvalue weighted by Gasteiger charge is 2.34. The van der Waals surface area contributed by atoms with Gasteiger partial charge in [-0.1, -0.05) is 84.9 Å². The van der Waals surface area contributed by atoms with Crippen LogP contribution in [-0.2, 0) is 0 Å². The van der Waals surface area contributed by atoms with E-state index in [9.17, 15) is 4.79 Å².